The number of rotatable bonds is 4. The molecule has 0 aromatic rings. The predicted octanol–water partition coefficient (Wildman–Crippen LogP) is 0.880. The van der Waals surface area contributed by atoms with Gasteiger partial charge in [-0.3, -0.25) is 0 Å². The van der Waals surface area contributed by atoms with Gasteiger partial charge in [0.15, 0.2) is 0 Å². The van der Waals surface area contributed by atoms with E-state index in [0.29, 0.717) is 0 Å². The lowest BCUT2D eigenvalue weighted by atomic mass is 9.76. The average Bonchev–Trinajstić information content (AvgIpc) is 2.28. The fourth-order valence-corrected chi connectivity index (χ4v) is 2.14. The van der Waals surface area contributed by atoms with Gasteiger partial charge in [0.05, 0.1) is 18.8 Å². The molecule has 0 fully saturated rings. The van der Waals surface area contributed by atoms with E-state index in [4.69, 9.17) is 10.8 Å². The fraction of sp³-hybridized carbons (Fsp3) is 0.636. The van der Waals surface area contributed by atoms with Crippen LogP contribution in [0, 0.1) is 5.41 Å². The zero-order chi connectivity index (χ0) is 11.5. The second kappa shape index (κ2) is 5.16. The van der Waals surface area contributed by atoms with Gasteiger partial charge in [-0.2, -0.15) is 0 Å². The van der Waals surface area contributed by atoms with Crippen molar-refractivity contribution in [3.63, 3.8) is 0 Å². The predicted molar refractivity (Wildman–Crippen MR) is 64.5 cm³/mol. The highest BCUT2D eigenvalue weighted by atomic mass is 32.2. The lowest BCUT2D eigenvalue weighted by Crippen LogP contribution is -2.47. The van der Waals surface area contributed by atoms with Crippen LogP contribution in [0.15, 0.2) is 23.1 Å². The minimum absolute atomic E-state index is 0.191. The highest BCUT2D eigenvalue weighted by Gasteiger charge is 2.34. The maximum absolute atomic E-state index is 9.99. The fourth-order valence-electron chi connectivity index (χ4n) is 1.69. The lowest BCUT2D eigenvalue weighted by Gasteiger charge is -2.35. The summed E-state index contributed by atoms with van der Waals surface area (Å²) in [4.78, 5) is 1.21. The number of nitrogens with two attached hydrogens (primary N) is 1. The molecule has 3 nitrogen and oxygen atoms in total. The van der Waals surface area contributed by atoms with Gasteiger partial charge in [-0.25, -0.2) is 0 Å². The summed E-state index contributed by atoms with van der Waals surface area (Å²) in [5, 5.41) is 18.9. The van der Waals surface area contributed by atoms with E-state index >= 15 is 0 Å². The number of thioether (sulfide) groups is 1. The molecule has 0 saturated heterocycles. The van der Waals surface area contributed by atoms with E-state index in [1.54, 1.807) is 11.8 Å². The second-order valence-electron chi connectivity index (χ2n) is 4.15. The maximum Gasteiger partial charge on any atom is 0.0804 e. The molecule has 3 atom stereocenters. The van der Waals surface area contributed by atoms with E-state index < -0.39 is 12.1 Å². The van der Waals surface area contributed by atoms with E-state index in [9.17, 15) is 5.11 Å². The standard InChI is InChI=1S/C11H19NO2S/c1-11(10(14)9(12)7-13)5-3-8(15-2)4-6-11/h3-5,9-10,13-14H,6-7,12H2,1-2H3. The van der Waals surface area contributed by atoms with Crippen molar-refractivity contribution in [3.8, 4) is 0 Å². The molecule has 0 aliphatic heterocycles. The van der Waals surface area contributed by atoms with Gasteiger partial charge in [-0.1, -0.05) is 25.2 Å². The minimum Gasteiger partial charge on any atom is -0.395 e. The summed E-state index contributed by atoms with van der Waals surface area (Å²) in [6.45, 7) is 1.76. The van der Waals surface area contributed by atoms with Crippen LogP contribution in [0.3, 0.4) is 0 Å². The number of aliphatic hydroxyl groups excluding tert-OH is 2. The summed E-state index contributed by atoms with van der Waals surface area (Å²) >= 11 is 1.68. The molecule has 15 heavy (non-hydrogen) atoms. The molecule has 0 amide bonds. The van der Waals surface area contributed by atoms with Crippen molar-refractivity contribution in [1.82, 2.24) is 0 Å². The monoisotopic (exact) mass is 229 g/mol. The summed E-state index contributed by atoms with van der Waals surface area (Å²) < 4.78 is 0. The molecule has 0 saturated carbocycles. The van der Waals surface area contributed by atoms with Crippen LogP contribution in [0.4, 0.5) is 0 Å². The Morgan fingerprint density at radius 3 is 2.73 bits per heavy atom. The van der Waals surface area contributed by atoms with Crippen LogP contribution >= 0.6 is 11.8 Å². The summed E-state index contributed by atoms with van der Waals surface area (Å²) in [5.41, 5.74) is 5.28. The quantitative estimate of drug-likeness (QED) is 0.669. The Morgan fingerprint density at radius 1 is 1.67 bits per heavy atom. The van der Waals surface area contributed by atoms with Crippen molar-refractivity contribution in [2.75, 3.05) is 12.9 Å². The summed E-state index contributed by atoms with van der Waals surface area (Å²) in [6, 6.07) is -0.580. The van der Waals surface area contributed by atoms with E-state index in [-0.39, 0.29) is 12.0 Å². The molecule has 1 aliphatic carbocycles. The molecule has 3 unspecified atom stereocenters. The van der Waals surface area contributed by atoms with Crippen LogP contribution in [0.1, 0.15) is 13.3 Å². The van der Waals surface area contributed by atoms with Crippen molar-refractivity contribution in [2.24, 2.45) is 11.1 Å². The third-order valence-corrected chi connectivity index (χ3v) is 3.67. The number of aliphatic hydroxyl groups is 2. The Balaban J connectivity index is 2.71. The lowest BCUT2D eigenvalue weighted by molar-refractivity contribution is 0.0295. The number of allylic oxidation sites excluding steroid dienone is 2. The highest BCUT2D eigenvalue weighted by molar-refractivity contribution is 8.02. The third-order valence-electron chi connectivity index (χ3n) is 2.90. The maximum atomic E-state index is 9.99. The van der Waals surface area contributed by atoms with Crippen molar-refractivity contribution in [1.29, 1.82) is 0 Å². The Labute approximate surface area is 95.1 Å². The molecule has 4 heteroatoms. The number of hydrogen-bond donors (Lipinski definition) is 3. The largest absolute Gasteiger partial charge is 0.395 e. The van der Waals surface area contributed by atoms with E-state index in [1.165, 1.54) is 4.91 Å². The molecule has 0 aromatic carbocycles. The van der Waals surface area contributed by atoms with Gasteiger partial charge in [0.2, 0.25) is 0 Å². The zero-order valence-electron chi connectivity index (χ0n) is 9.18. The van der Waals surface area contributed by atoms with Crippen molar-refractivity contribution >= 4 is 11.8 Å². The topological polar surface area (TPSA) is 66.5 Å². The molecule has 0 aromatic heterocycles. The summed E-state index contributed by atoms with van der Waals surface area (Å²) in [7, 11) is 0. The van der Waals surface area contributed by atoms with Crippen molar-refractivity contribution in [3.05, 3.63) is 23.1 Å². The molecular formula is C11H19NO2S. The van der Waals surface area contributed by atoms with Crippen LogP contribution < -0.4 is 5.73 Å². The Morgan fingerprint density at radius 2 is 2.33 bits per heavy atom. The van der Waals surface area contributed by atoms with Gasteiger partial charge in [0.1, 0.15) is 0 Å². The van der Waals surface area contributed by atoms with Crippen LogP contribution in [-0.2, 0) is 0 Å². The normalized spacial score (nSPS) is 29.8. The van der Waals surface area contributed by atoms with E-state index in [2.05, 4.69) is 6.08 Å². The Bertz CT molecular complexity index is 278. The molecule has 0 spiro atoms. The van der Waals surface area contributed by atoms with Gasteiger partial charge in [0, 0.05) is 10.3 Å². The third kappa shape index (κ3) is 2.84. The molecule has 0 heterocycles. The van der Waals surface area contributed by atoms with Crippen LogP contribution in [0.2, 0.25) is 0 Å². The van der Waals surface area contributed by atoms with Gasteiger partial charge in [0.25, 0.3) is 0 Å². The van der Waals surface area contributed by atoms with Gasteiger partial charge in [-0.15, -0.1) is 11.8 Å². The SMILES string of the molecule is CSC1=CCC(C)(C(O)C(N)CO)C=C1. The Kier molecular flexibility index (Phi) is 4.40. The van der Waals surface area contributed by atoms with Crippen LogP contribution in [0.25, 0.3) is 0 Å². The van der Waals surface area contributed by atoms with Crippen LogP contribution in [-0.4, -0.2) is 35.2 Å². The van der Waals surface area contributed by atoms with Crippen molar-refractivity contribution in [2.45, 2.75) is 25.5 Å². The molecule has 1 aliphatic rings. The first-order valence-electron chi connectivity index (χ1n) is 5.01. The summed E-state index contributed by atoms with van der Waals surface area (Å²) in [6.07, 6.45) is 8.15. The smallest absolute Gasteiger partial charge is 0.0804 e. The van der Waals surface area contributed by atoms with Gasteiger partial charge in [-0.05, 0) is 12.7 Å². The molecule has 1 rings (SSSR count). The van der Waals surface area contributed by atoms with Crippen LogP contribution in [0.5, 0.6) is 0 Å². The van der Waals surface area contributed by atoms with E-state index in [1.807, 2.05) is 25.3 Å². The first-order valence-corrected chi connectivity index (χ1v) is 6.24. The van der Waals surface area contributed by atoms with Gasteiger partial charge < -0.3 is 15.9 Å². The van der Waals surface area contributed by atoms with E-state index in [0.717, 1.165) is 6.42 Å². The first kappa shape index (κ1) is 12.8. The summed E-state index contributed by atoms with van der Waals surface area (Å²) in [5.74, 6) is 0. The Hall–Kier alpha value is -0.290. The second-order valence-corrected chi connectivity index (χ2v) is 5.02. The molecular weight excluding hydrogens is 210 g/mol. The average molecular weight is 229 g/mol. The van der Waals surface area contributed by atoms with Crippen molar-refractivity contribution < 1.29 is 10.2 Å². The molecule has 4 N–H and O–H groups in total. The molecule has 0 bridgehead atoms. The molecule has 86 valence electrons. The highest BCUT2D eigenvalue weighted by Crippen LogP contribution is 2.36. The first-order chi connectivity index (χ1) is 7.03. The number of hydrogen-bond acceptors (Lipinski definition) is 4. The minimum atomic E-state index is -0.710. The van der Waals surface area contributed by atoms with Gasteiger partial charge >= 0.3 is 0 Å². The zero-order valence-corrected chi connectivity index (χ0v) is 10.00. The molecule has 0 radical (unpaired) electrons.